The molecule has 0 aromatic heterocycles. The van der Waals surface area contributed by atoms with Gasteiger partial charge in [-0.25, -0.2) is 0 Å². The Labute approximate surface area is 185 Å². The molecular formula is C13H2F22O2. The fraction of sp³-hybridized carbons (Fsp3) is 1.00. The van der Waals surface area contributed by atoms with Crippen LogP contribution >= 0.6 is 0 Å². The molecule has 2 aliphatic rings. The molecule has 0 bridgehead atoms. The number of hydrogen-bond donors (Lipinski definition) is 0. The lowest BCUT2D eigenvalue weighted by atomic mass is 9.78. The molecule has 37 heavy (non-hydrogen) atoms. The summed E-state index contributed by atoms with van der Waals surface area (Å²) in [6.07, 6.45) is 0. The van der Waals surface area contributed by atoms with Gasteiger partial charge in [-0.15, -0.1) is 0 Å². The Morgan fingerprint density at radius 3 is 0.541 bits per heavy atom. The van der Waals surface area contributed by atoms with E-state index < -0.39 is 77.7 Å². The summed E-state index contributed by atoms with van der Waals surface area (Å²) < 4.78 is 299. The SMILES string of the molecule is FC1(F)C(F)(F)C(F)(F)C(F)(OCOC2(F)C(F)(F)C(F)(F)C(F)(F)C(F)(F)C2(F)F)C(F)(F)C1(F)F. The van der Waals surface area contributed by atoms with Gasteiger partial charge in [0.2, 0.25) is 0 Å². The molecule has 2 fully saturated rings. The largest absolute Gasteiger partial charge is 0.384 e. The molecule has 0 aromatic rings. The van der Waals surface area contributed by atoms with Gasteiger partial charge in [0.15, 0.2) is 6.79 Å². The van der Waals surface area contributed by atoms with Crippen molar-refractivity contribution < 1.29 is 106 Å². The molecule has 0 saturated heterocycles. The monoisotopic (exact) mass is 608 g/mol. The molecule has 2 rings (SSSR count). The first-order valence-electron chi connectivity index (χ1n) is 8.14. The van der Waals surface area contributed by atoms with Crippen LogP contribution in [0.15, 0.2) is 0 Å². The molecule has 0 heterocycles. The molecule has 0 atom stereocenters. The van der Waals surface area contributed by atoms with E-state index >= 15 is 0 Å². The molecule has 2 aliphatic carbocycles. The molecule has 0 spiro atoms. The Bertz CT molecular complexity index is 801. The van der Waals surface area contributed by atoms with Gasteiger partial charge in [0.05, 0.1) is 0 Å². The molecule has 0 aromatic carbocycles. The number of ether oxygens (including phenoxy) is 2. The van der Waals surface area contributed by atoms with Gasteiger partial charge in [-0.05, 0) is 0 Å². The Kier molecular flexibility index (Phi) is 6.08. The fourth-order valence-electron chi connectivity index (χ4n) is 2.94. The highest BCUT2D eigenvalue weighted by Gasteiger charge is 3.04. The lowest BCUT2D eigenvalue weighted by Gasteiger charge is -2.53. The minimum Gasteiger partial charge on any atom is -0.309 e. The third-order valence-corrected chi connectivity index (χ3v) is 5.29. The number of rotatable bonds is 4. The zero-order valence-electron chi connectivity index (χ0n) is 15.8. The second kappa shape index (κ2) is 7.11. The van der Waals surface area contributed by atoms with Crippen LogP contribution in [0, 0.1) is 0 Å². The van der Waals surface area contributed by atoms with Crippen molar-refractivity contribution in [1.82, 2.24) is 0 Å². The summed E-state index contributed by atoms with van der Waals surface area (Å²) >= 11 is 0. The maximum atomic E-state index is 14.1. The molecule has 24 heteroatoms. The van der Waals surface area contributed by atoms with E-state index in [9.17, 15) is 96.6 Å². The van der Waals surface area contributed by atoms with E-state index in [0.29, 0.717) is 0 Å². The van der Waals surface area contributed by atoms with Gasteiger partial charge in [-0.3, -0.25) is 0 Å². The quantitative estimate of drug-likeness (QED) is 0.262. The van der Waals surface area contributed by atoms with Crippen LogP contribution in [0.1, 0.15) is 0 Å². The van der Waals surface area contributed by atoms with Gasteiger partial charge in [-0.2, -0.15) is 96.6 Å². The Morgan fingerprint density at radius 2 is 0.378 bits per heavy atom. The van der Waals surface area contributed by atoms with Crippen molar-refractivity contribution in [2.75, 3.05) is 6.79 Å². The highest BCUT2D eigenvalue weighted by molar-refractivity contribution is 5.25. The molecule has 0 amide bonds. The molecular weight excluding hydrogens is 606 g/mol. The minimum atomic E-state index is -7.99. The van der Waals surface area contributed by atoms with Crippen molar-refractivity contribution in [2.24, 2.45) is 0 Å². The zero-order valence-corrected chi connectivity index (χ0v) is 15.8. The van der Waals surface area contributed by atoms with Gasteiger partial charge in [0.25, 0.3) is 0 Å². The van der Waals surface area contributed by atoms with Crippen LogP contribution in [-0.4, -0.2) is 77.7 Å². The highest BCUT2D eigenvalue weighted by Crippen LogP contribution is 2.71. The lowest BCUT2D eigenvalue weighted by Crippen LogP contribution is -2.85. The minimum absolute atomic E-state index is 2.14. The molecule has 2 nitrogen and oxygen atoms in total. The fourth-order valence-corrected chi connectivity index (χ4v) is 2.94. The summed E-state index contributed by atoms with van der Waals surface area (Å²) in [5.74, 6) is -95.0. The number of alkyl halides is 22. The van der Waals surface area contributed by atoms with Crippen LogP contribution < -0.4 is 0 Å². The normalized spacial score (nSPS) is 33.9. The Morgan fingerprint density at radius 1 is 0.243 bits per heavy atom. The van der Waals surface area contributed by atoms with E-state index in [2.05, 4.69) is 9.47 Å². The first kappa shape index (κ1) is 31.6. The molecule has 0 N–H and O–H groups in total. The van der Waals surface area contributed by atoms with E-state index in [4.69, 9.17) is 0 Å². The van der Waals surface area contributed by atoms with Crippen LogP contribution in [0.5, 0.6) is 0 Å². The second-order valence-corrected chi connectivity index (χ2v) is 7.34. The summed E-state index contributed by atoms with van der Waals surface area (Å²) in [6.45, 7) is -4.20. The topological polar surface area (TPSA) is 18.5 Å². The summed E-state index contributed by atoms with van der Waals surface area (Å²) in [6, 6.07) is 0. The van der Waals surface area contributed by atoms with E-state index in [-0.39, 0.29) is 0 Å². The Hall–Kier alpha value is -1.62. The smallest absolute Gasteiger partial charge is 0.309 e. The van der Waals surface area contributed by atoms with E-state index in [1.807, 2.05) is 0 Å². The Balaban J connectivity index is 2.62. The third-order valence-electron chi connectivity index (χ3n) is 5.29. The molecule has 0 aliphatic heterocycles. The number of halogens is 22. The maximum Gasteiger partial charge on any atom is 0.384 e. The summed E-state index contributed by atoms with van der Waals surface area (Å²) in [7, 11) is 0. The maximum absolute atomic E-state index is 14.1. The molecule has 0 radical (unpaired) electrons. The summed E-state index contributed by atoms with van der Waals surface area (Å²) in [4.78, 5) is 0. The molecule has 2 saturated carbocycles. The summed E-state index contributed by atoms with van der Waals surface area (Å²) in [5, 5.41) is 0. The standard InChI is InChI=1S/C13H2F22O2/c14-2(15)4(18,19)8(26,27)12(34,9(28,29)5(2,20)21)36-1-37-13(35)10(30,31)6(22,23)3(16,17)7(24,25)11(13,32)33/h1H2. The van der Waals surface area contributed by atoms with Crippen molar-refractivity contribution in [3.63, 3.8) is 0 Å². The van der Waals surface area contributed by atoms with Crippen LogP contribution in [0.4, 0.5) is 96.6 Å². The predicted octanol–water partition coefficient (Wildman–Crippen LogP) is 6.69. The van der Waals surface area contributed by atoms with Gasteiger partial charge < -0.3 is 9.47 Å². The van der Waals surface area contributed by atoms with E-state index in [0.717, 1.165) is 0 Å². The summed E-state index contributed by atoms with van der Waals surface area (Å²) in [5.41, 5.74) is 0. The van der Waals surface area contributed by atoms with E-state index in [1.54, 1.807) is 0 Å². The van der Waals surface area contributed by atoms with Crippen molar-refractivity contribution in [1.29, 1.82) is 0 Å². The lowest BCUT2D eigenvalue weighted by molar-refractivity contribution is -0.548. The van der Waals surface area contributed by atoms with Crippen molar-refractivity contribution in [3.05, 3.63) is 0 Å². The second-order valence-electron chi connectivity index (χ2n) is 7.34. The first-order chi connectivity index (χ1) is 15.7. The van der Waals surface area contributed by atoms with E-state index in [1.165, 1.54) is 0 Å². The van der Waals surface area contributed by atoms with Crippen molar-refractivity contribution in [2.45, 2.75) is 70.9 Å². The van der Waals surface area contributed by atoms with Crippen LogP contribution in [0.2, 0.25) is 0 Å². The average Bonchev–Trinajstić information content (AvgIpc) is 2.70. The molecule has 0 unspecified atom stereocenters. The van der Waals surface area contributed by atoms with Crippen molar-refractivity contribution in [3.8, 4) is 0 Å². The predicted molar refractivity (Wildman–Crippen MR) is 64.2 cm³/mol. The highest BCUT2D eigenvalue weighted by atomic mass is 19.4. The first-order valence-corrected chi connectivity index (χ1v) is 8.14. The van der Waals surface area contributed by atoms with Gasteiger partial charge in [0.1, 0.15) is 0 Å². The van der Waals surface area contributed by atoms with Gasteiger partial charge in [0, 0.05) is 0 Å². The van der Waals surface area contributed by atoms with Crippen molar-refractivity contribution >= 4 is 0 Å². The average molecular weight is 608 g/mol. The molecule has 220 valence electrons. The van der Waals surface area contributed by atoms with Crippen LogP contribution in [0.25, 0.3) is 0 Å². The van der Waals surface area contributed by atoms with Gasteiger partial charge >= 0.3 is 70.9 Å². The zero-order chi connectivity index (χ0) is 30.1. The van der Waals surface area contributed by atoms with Crippen LogP contribution in [-0.2, 0) is 9.47 Å². The van der Waals surface area contributed by atoms with Gasteiger partial charge in [-0.1, -0.05) is 0 Å². The van der Waals surface area contributed by atoms with Crippen LogP contribution in [0.3, 0.4) is 0 Å². The third kappa shape index (κ3) is 2.76. The number of hydrogen-bond acceptors (Lipinski definition) is 2.